The van der Waals surface area contributed by atoms with Gasteiger partial charge in [-0.3, -0.25) is 24.2 Å². The highest BCUT2D eigenvalue weighted by molar-refractivity contribution is 7.90. The maximum absolute atomic E-state index is 15.0. The van der Waals surface area contributed by atoms with E-state index < -0.39 is 75.2 Å². The van der Waals surface area contributed by atoms with Crippen molar-refractivity contribution in [1.82, 2.24) is 10.3 Å². The fourth-order valence-electron chi connectivity index (χ4n) is 5.43. The molecule has 1 saturated heterocycles. The summed E-state index contributed by atoms with van der Waals surface area (Å²) < 4.78 is 67.3. The number of sulfone groups is 1. The normalized spacial score (nSPS) is 18.5. The first kappa shape index (κ1) is 31.9. The summed E-state index contributed by atoms with van der Waals surface area (Å²) in [5.74, 6) is -6.47. The Bertz CT molecular complexity index is 1840. The lowest BCUT2D eigenvalue weighted by molar-refractivity contribution is -0.133. The Labute approximate surface area is 261 Å². The Morgan fingerprint density at radius 2 is 1.89 bits per heavy atom. The standard InChI is InChI=1S/C30H25ClF3N5O5S/c1-45(43,44)21-12-18(32)11-20(13-21)38(29(42)24-6-7-26(40)39(24)25-10-17(16-35)8-9-36-25)27(22-4-2-3-5-23(22)31)28(41)37-19-14-30(33,34)15-19/h2-5,8-13,19,24,27H,6-7,14-15H2,1H3,(H,37,41). The minimum atomic E-state index is -4.03. The number of aromatic nitrogens is 1. The largest absolute Gasteiger partial charge is 0.351 e. The van der Waals surface area contributed by atoms with Crippen LogP contribution in [-0.2, 0) is 24.2 Å². The zero-order valence-corrected chi connectivity index (χ0v) is 25.2. The summed E-state index contributed by atoms with van der Waals surface area (Å²) in [5, 5.41) is 11.9. The van der Waals surface area contributed by atoms with E-state index in [9.17, 15) is 36.8 Å². The number of hydrogen-bond acceptors (Lipinski definition) is 7. The number of benzene rings is 2. The summed E-state index contributed by atoms with van der Waals surface area (Å²) in [7, 11) is -4.03. The molecular weight excluding hydrogens is 635 g/mol. The van der Waals surface area contributed by atoms with Gasteiger partial charge < -0.3 is 5.32 Å². The second-order valence-electron chi connectivity index (χ2n) is 10.9. The lowest BCUT2D eigenvalue weighted by Crippen LogP contribution is -2.56. The quantitative estimate of drug-likeness (QED) is 0.380. The SMILES string of the molecule is CS(=O)(=O)c1cc(F)cc(N(C(=O)C2CCC(=O)N2c2cc(C#N)ccn2)C(C(=O)NC2CC(F)(F)C2)c2ccccc2Cl)c1. The number of alkyl halides is 2. The van der Waals surface area contributed by atoms with Gasteiger partial charge in [0.2, 0.25) is 11.8 Å². The van der Waals surface area contributed by atoms with Crippen molar-refractivity contribution in [3.63, 3.8) is 0 Å². The summed E-state index contributed by atoms with van der Waals surface area (Å²) in [5.41, 5.74) is -0.185. The third-order valence-electron chi connectivity index (χ3n) is 7.56. The second kappa shape index (κ2) is 12.1. The first-order valence-corrected chi connectivity index (χ1v) is 15.9. The maximum atomic E-state index is 15.0. The van der Waals surface area contributed by atoms with Crippen molar-refractivity contribution in [1.29, 1.82) is 5.26 Å². The number of hydrogen-bond donors (Lipinski definition) is 1. The van der Waals surface area contributed by atoms with Crippen LogP contribution in [-0.4, -0.2) is 55.4 Å². The summed E-state index contributed by atoms with van der Waals surface area (Å²) in [6, 6.07) is 9.10. The zero-order valence-electron chi connectivity index (χ0n) is 23.6. The molecule has 10 nitrogen and oxygen atoms in total. The van der Waals surface area contributed by atoms with Gasteiger partial charge in [0.15, 0.2) is 9.84 Å². The highest BCUT2D eigenvalue weighted by atomic mass is 35.5. The van der Waals surface area contributed by atoms with E-state index in [1.165, 1.54) is 36.5 Å². The number of carbonyl (C=O) groups is 3. The number of halogens is 4. The lowest BCUT2D eigenvalue weighted by Gasteiger charge is -2.39. The summed E-state index contributed by atoms with van der Waals surface area (Å²) in [6.45, 7) is 0. The number of amides is 3. The van der Waals surface area contributed by atoms with Crippen LogP contribution in [0.3, 0.4) is 0 Å². The lowest BCUT2D eigenvalue weighted by atomic mass is 9.87. The fourth-order valence-corrected chi connectivity index (χ4v) is 6.33. The number of rotatable bonds is 8. The van der Waals surface area contributed by atoms with Crippen LogP contribution in [0.15, 0.2) is 65.7 Å². The number of nitrogens with zero attached hydrogens (tertiary/aromatic N) is 4. The topological polar surface area (TPSA) is 141 Å². The monoisotopic (exact) mass is 659 g/mol. The van der Waals surface area contributed by atoms with Crippen LogP contribution in [0.2, 0.25) is 5.02 Å². The molecule has 15 heteroatoms. The molecule has 0 radical (unpaired) electrons. The van der Waals surface area contributed by atoms with Gasteiger partial charge in [0.05, 0.1) is 16.5 Å². The fraction of sp³-hybridized carbons (Fsp3) is 0.300. The molecule has 2 atom stereocenters. The van der Waals surface area contributed by atoms with Crippen LogP contribution in [0.1, 0.15) is 42.9 Å². The zero-order chi connectivity index (χ0) is 32.7. The van der Waals surface area contributed by atoms with Crippen molar-refractivity contribution in [2.45, 2.75) is 54.6 Å². The Kier molecular flexibility index (Phi) is 8.61. The Morgan fingerprint density at radius 1 is 1.18 bits per heavy atom. The van der Waals surface area contributed by atoms with Crippen molar-refractivity contribution in [2.24, 2.45) is 0 Å². The molecule has 3 aromatic rings. The van der Waals surface area contributed by atoms with E-state index in [2.05, 4.69) is 10.3 Å². The highest BCUT2D eigenvalue weighted by Crippen LogP contribution is 2.40. The number of carbonyl (C=O) groups excluding carboxylic acids is 3. The average Bonchev–Trinajstić information content (AvgIpc) is 3.35. The molecule has 1 aliphatic carbocycles. The van der Waals surface area contributed by atoms with Gasteiger partial charge >= 0.3 is 0 Å². The third kappa shape index (κ3) is 6.64. The predicted octanol–water partition coefficient (Wildman–Crippen LogP) is 4.33. The van der Waals surface area contributed by atoms with Crippen LogP contribution in [0, 0.1) is 17.1 Å². The van der Waals surface area contributed by atoms with Gasteiger partial charge in [-0.1, -0.05) is 29.8 Å². The third-order valence-corrected chi connectivity index (χ3v) is 9.00. The minimum Gasteiger partial charge on any atom is -0.351 e. The molecule has 45 heavy (non-hydrogen) atoms. The van der Waals surface area contributed by atoms with Crippen molar-refractivity contribution < 1.29 is 36.0 Å². The van der Waals surface area contributed by atoms with Gasteiger partial charge in [-0.15, -0.1) is 0 Å². The molecule has 2 fully saturated rings. The van der Waals surface area contributed by atoms with Gasteiger partial charge in [0, 0.05) is 54.0 Å². The second-order valence-corrected chi connectivity index (χ2v) is 13.3. The molecule has 2 unspecified atom stereocenters. The maximum Gasteiger partial charge on any atom is 0.252 e. The van der Waals surface area contributed by atoms with Crippen LogP contribution < -0.4 is 15.1 Å². The van der Waals surface area contributed by atoms with E-state index in [1.54, 1.807) is 6.07 Å². The molecule has 1 saturated carbocycles. The highest BCUT2D eigenvalue weighted by Gasteiger charge is 2.48. The molecule has 234 valence electrons. The van der Waals surface area contributed by atoms with E-state index in [-0.39, 0.29) is 40.5 Å². The molecule has 0 spiro atoms. The number of nitriles is 1. The summed E-state index contributed by atoms with van der Waals surface area (Å²) >= 11 is 6.49. The van der Waals surface area contributed by atoms with Gasteiger partial charge in [0.25, 0.3) is 11.8 Å². The molecule has 3 amide bonds. The van der Waals surface area contributed by atoms with Crippen molar-refractivity contribution >= 4 is 50.7 Å². The van der Waals surface area contributed by atoms with E-state index in [1.807, 2.05) is 6.07 Å². The van der Waals surface area contributed by atoms with E-state index in [0.717, 1.165) is 34.3 Å². The van der Waals surface area contributed by atoms with Gasteiger partial charge in [0.1, 0.15) is 23.7 Å². The molecule has 2 heterocycles. The summed E-state index contributed by atoms with van der Waals surface area (Å²) in [6.07, 6.45) is 0.612. The molecule has 1 aliphatic heterocycles. The van der Waals surface area contributed by atoms with Crippen molar-refractivity contribution in [2.75, 3.05) is 16.1 Å². The molecule has 1 aromatic heterocycles. The van der Waals surface area contributed by atoms with Crippen LogP contribution in [0.4, 0.5) is 24.7 Å². The Balaban J connectivity index is 1.69. The summed E-state index contributed by atoms with van der Waals surface area (Å²) in [4.78, 5) is 47.2. The first-order valence-electron chi connectivity index (χ1n) is 13.6. The van der Waals surface area contributed by atoms with Gasteiger partial charge in [-0.2, -0.15) is 5.26 Å². The first-order chi connectivity index (χ1) is 21.2. The van der Waals surface area contributed by atoms with Crippen molar-refractivity contribution in [3.8, 4) is 6.07 Å². The van der Waals surface area contributed by atoms with Gasteiger partial charge in [-0.25, -0.2) is 26.6 Å². The van der Waals surface area contributed by atoms with E-state index >= 15 is 4.39 Å². The Hall–Kier alpha value is -4.48. The molecular formula is C30H25ClF3N5O5S. The molecule has 1 N–H and O–H groups in total. The molecule has 0 bridgehead atoms. The van der Waals surface area contributed by atoms with Gasteiger partial charge in [-0.05, 0) is 42.8 Å². The average molecular weight is 660 g/mol. The predicted molar refractivity (Wildman–Crippen MR) is 157 cm³/mol. The molecule has 2 aromatic carbocycles. The number of anilines is 2. The molecule has 5 rings (SSSR count). The molecule has 2 aliphatic rings. The van der Waals surface area contributed by atoms with E-state index in [4.69, 9.17) is 11.6 Å². The Morgan fingerprint density at radius 3 is 2.53 bits per heavy atom. The van der Waals surface area contributed by atoms with Crippen LogP contribution in [0.25, 0.3) is 0 Å². The van der Waals surface area contributed by atoms with Crippen LogP contribution >= 0.6 is 11.6 Å². The van der Waals surface area contributed by atoms with Crippen LogP contribution in [0.5, 0.6) is 0 Å². The minimum absolute atomic E-state index is 0.00290. The van der Waals surface area contributed by atoms with E-state index in [0.29, 0.717) is 0 Å². The smallest absolute Gasteiger partial charge is 0.252 e. The number of pyridine rings is 1. The van der Waals surface area contributed by atoms with Crippen molar-refractivity contribution in [3.05, 3.63) is 82.8 Å². The number of nitrogens with one attached hydrogen (secondary N) is 1.